The van der Waals surface area contributed by atoms with Crippen LogP contribution in [0, 0.1) is 6.92 Å². The van der Waals surface area contributed by atoms with E-state index in [1.54, 1.807) is 13.0 Å². The number of phenolic OH excluding ortho intramolecular Hbond substituents is 2. The fraction of sp³-hybridized carbons (Fsp3) is 0.118. The summed E-state index contributed by atoms with van der Waals surface area (Å²) in [6.45, 7) is 1.79. The lowest BCUT2D eigenvalue weighted by molar-refractivity contribution is -0.899. The molecule has 0 saturated heterocycles. The Hall–Kier alpha value is -2.99. The smallest absolute Gasteiger partial charge is 0.326 e. The van der Waals surface area contributed by atoms with Gasteiger partial charge in [0.25, 0.3) is 0 Å². The molecule has 0 amide bonds. The van der Waals surface area contributed by atoms with E-state index in [0.29, 0.717) is 17.1 Å². The molecule has 1 heterocycles. The first-order valence-corrected chi connectivity index (χ1v) is 6.94. The summed E-state index contributed by atoms with van der Waals surface area (Å²) in [4.78, 5) is 3.15. The number of nitrogens with one attached hydrogen (secondary N) is 1. The largest absolute Gasteiger partial charge is 0.504 e. The third kappa shape index (κ3) is 3.12. The van der Waals surface area contributed by atoms with Crippen molar-refractivity contribution in [2.24, 2.45) is 0 Å². The van der Waals surface area contributed by atoms with Crippen LogP contribution in [0.1, 0.15) is 5.69 Å². The first-order valence-electron chi connectivity index (χ1n) is 6.94. The van der Waals surface area contributed by atoms with Gasteiger partial charge in [-0.1, -0.05) is 30.3 Å². The highest BCUT2D eigenvalue weighted by Crippen LogP contribution is 2.30. The molecular weight excluding hydrogens is 296 g/mol. The summed E-state index contributed by atoms with van der Waals surface area (Å²) in [7, 11) is 1.00. The maximum absolute atomic E-state index is 10.2. The van der Waals surface area contributed by atoms with Crippen LogP contribution < -0.4 is 4.73 Å². The van der Waals surface area contributed by atoms with Gasteiger partial charge in [-0.05, 0) is 22.9 Å². The van der Waals surface area contributed by atoms with Crippen molar-refractivity contribution in [3.63, 3.8) is 0 Å². The van der Waals surface area contributed by atoms with Gasteiger partial charge < -0.3 is 20.5 Å². The lowest BCUT2D eigenvalue weighted by atomic mass is 10.1. The Morgan fingerprint density at radius 1 is 0.870 bits per heavy atom. The zero-order valence-corrected chi connectivity index (χ0v) is 12.9. The first kappa shape index (κ1) is 16.4. The molecule has 0 bridgehead atoms. The average molecular weight is 315 g/mol. The Labute approximate surface area is 133 Å². The molecule has 5 N–H and O–H groups in total. The molecule has 0 radical (unpaired) electrons. The summed E-state index contributed by atoms with van der Waals surface area (Å²) in [6.07, 6.45) is 0. The van der Waals surface area contributed by atoms with Crippen LogP contribution in [-0.2, 0) is 0 Å². The van der Waals surface area contributed by atoms with Gasteiger partial charge in [0, 0.05) is 19.6 Å². The minimum Gasteiger partial charge on any atom is -0.504 e. The molecule has 1 aromatic heterocycles. The van der Waals surface area contributed by atoms with Gasteiger partial charge in [0.1, 0.15) is 0 Å². The number of aliphatic hydroxyl groups is 1. The highest BCUT2D eigenvalue weighted by Gasteiger charge is 2.24. The number of nitrogens with zero attached hydrogens (tertiary/aromatic N) is 1. The van der Waals surface area contributed by atoms with Crippen LogP contribution >= 0.6 is 0 Å². The minimum absolute atomic E-state index is 0.199. The SMILES string of the molecule is CO.Cc1c(-c2ccccc2)[nH]c(-c2ccc(O)c(O)c2)[n+]1O. The molecule has 6 heteroatoms. The quantitative estimate of drug-likeness (QED) is 0.284. The van der Waals surface area contributed by atoms with Crippen molar-refractivity contribution in [2.75, 3.05) is 7.11 Å². The van der Waals surface area contributed by atoms with E-state index in [9.17, 15) is 15.4 Å². The van der Waals surface area contributed by atoms with Gasteiger partial charge in [-0.25, -0.2) is 4.98 Å². The van der Waals surface area contributed by atoms with Crippen molar-refractivity contribution in [1.82, 2.24) is 4.98 Å². The maximum atomic E-state index is 10.2. The van der Waals surface area contributed by atoms with E-state index in [1.165, 1.54) is 12.1 Å². The number of phenols is 2. The van der Waals surface area contributed by atoms with Crippen LogP contribution in [-0.4, -0.2) is 32.6 Å². The number of aromatic amines is 1. The molecule has 0 aliphatic heterocycles. The van der Waals surface area contributed by atoms with E-state index in [4.69, 9.17) is 5.11 Å². The predicted molar refractivity (Wildman–Crippen MR) is 85.3 cm³/mol. The van der Waals surface area contributed by atoms with E-state index in [2.05, 4.69) is 4.98 Å². The Kier molecular flexibility index (Phi) is 4.88. The second-order valence-electron chi connectivity index (χ2n) is 4.82. The molecule has 0 saturated carbocycles. The second-order valence-corrected chi connectivity index (χ2v) is 4.82. The van der Waals surface area contributed by atoms with Crippen LogP contribution in [0.5, 0.6) is 11.5 Å². The Morgan fingerprint density at radius 2 is 1.52 bits per heavy atom. The van der Waals surface area contributed by atoms with Crippen molar-refractivity contribution < 1.29 is 25.3 Å². The van der Waals surface area contributed by atoms with Crippen molar-refractivity contribution in [1.29, 1.82) is 0 Å². The summed E-state index contributed by atoms with van der Waals surface area (Å²) in [5.41, 5.74) is 2.97. The molecule has 120 valence electrons. The third-order valence-electron chi connectivity index (χ3n) is 3.45. The second kappa shape index (κ2) is 6.85. The zero-order valence-electron chi connectivity index (χ0n) is 12.9. The molecule has 6 nitrogen and oxygen atoms in total. The highest BCUT2D eigenvalue weighted by molar-refractivity contribution is 5.65. The number of aromatic nitrogens is 2. The summed E-state index contributed by atoms with van der Waals surface area (Å²) in [5.74, 6) is -0.00234. The number of hydrogen-bond donors (Lipinski definition) is 5. The molecule has 0 spiro atoms. The number of rotatable bonds is 2. The van der Waals surface area contributed by atoms with Crippen LogP contribution in [0.3, 0.4) is 0 Å². The minimum atomic E-state index is -0.235. The summed E-state index contributed by atoms with van der Waals surface area (Å²) < 4.78 is 1.04. The number of H-pyrrole nitrogens is 1. The van der Waals surface area contributed by atoms with Crippen molar-refractivity contribution >= 4 is 0 Å². The van der Waals surface area contributed by atoms with Crippen LogP contribution in [0.25, 0.3) is 22.6 Å². The number of aliphatic hydroxyl groups excluding tert-OH is 1. The van der Waals surface area contributed by atoms with Gasteiger partial charge in [-0.3, -0.25) is 0 Å². The van der Waals surface area contributed by atoms with Crippen LogP contribution in [0.2, 0.25) is 0 Å². The van der Waals surface area contributed by atoms with Gasteiger partial charge in [0.15, 0.2) is 22.9 Å². The van der Waals surface area contributed by atoms with Gasteiger partial charge in [0.05, 0.1) is 5.56 Å². The maximum Gasteiger partial charge on any atom is 0.326 e. The standard InChI is InChI=1S/C16H14N2O3.CH4O/c1-10-15(11-5-3-2-4-6-11)17-16(18(10)21)12-7-8-13(19)14(20)9-12;1-2/h2-9,21H,1H3,(H2,17,19,20);2H,1H3/p+1. The van der Waals surface area contributed by atoms with E-state index < -0.39 is 0 Å². The molecule has 2 aromatic carbocycles. The van der Waals surface area contributed by atoms with E-state index in [1.807, 2.05) is 30.3 Å². The summed E-state index contributed by atoms with van der Waals surface area (Å²) in [6, 6.07) is 14.0. The number of imidazole rings is 1. The van der Waals surface area contributed by atoms with Crippen molar-refractivity contribution in [2.45, 2.75) is 6.92 Å². The number of hydrogen-bond acceptors (Lipinski definition) is 4. The molecule has 0 atom stereocenters. The molecule has 3 rings (SSSR count). The fourth-order valence-corrected chi connectivity index (χ4v) is 2.29. The van der Waals surface area contributed by atoms with E-state index in [-0.39, 0.29) is 11.5 Å². The lowest BCUT2D eigenvalue weighted by Gasteiger charge is -1.98. The monoisotopic (exact) mass is 315 g/mol. The highest BCUT2D eigenvalue weighted by atomic mass is 16.5. The normalized spacial score (nSPS) is 10.0. The van der Waals surface area contributed by atoms with E-state index >= 15 is 0 Å². The number of benzene rings is 2. The molecule has 3 aromatic rings. The van der Waals surface area contributed by atoms with Gasteiger partial charge in [-0.15, -0.1) is 0 Å². The van der Waals surface area contributed by atoms with Gasteiger partial charge in [0.2, 0.25) is 0 Å². The van der Waals surface area contributed by atoms with E-state index in [0.717, 1.165) is 23.1 Å². The van der Waals surface area contributed by atoms with Crippen molar-refractivity contribution in [3.8, 4) is 34.1 Å². The summed E-state index contributed by atoms with van der Waals surface area (Å²) >= 11 is 0. The van der Waals surface area contributed by atoms with Crippen molar-refractivity contribution in [3.05, 3.63) is 54.2 Å². The summed E-state index contributed by atoms with van der Waals surface area (Å²) in [5, 5.41) is 36.2. The molecule has 0 aliphatic carbocycles. The predicted octanol–water partition coefficient (Wildman–Crippen LogP) is 2.20. The third-order valence-corrected chi connectivity index (χ3v) is 3.45. The van der Waals surface area contributed by atoms with Gasteiger partial charge >= 0.3 is 5.82 Å². The Morgan fingerprint density at radius 3 is 2.13 bits per heavy atom. The molecule has 23 heavy (non-hydrogen) atoms. The Bertz CT molecular complexity index is 798. The Balaban J connectivity index is 0.000000924. The van der Waals surface area contributed by atoms with Gasteiger partial charge in [-0.2, -0.15) is 0 Å². The number of aromatic hydroxyl groups is 2. The molecule has 0 unspecified atom stereocenters. The topological polar surface area (TPSA) is 101 Å². The molecule has 0 fully saturated rings. The molecular formula is C17H19N2O4+. The van der Waals surface area contributed by atoms with Crippen LogP contribution in [0.4, 0.5) is 0 Å². The zero-order chi connectivity index (χ0) is 17.0. The lowest BCUT2D eigenvalue weighted by Crippen LogP contribution is -2.33. The average Bonchev–Trinajstić information content (AvgIpc) is 2.89. The van der Waals surface area contributed by atoms with Crippen LogP contribution in [0.15, 0.2) is 48.5 Å². The molecule has 0 aliphatic rings. The first-order chi connectivity index (χ1) is 11.1. The fourth-order valence-electron chi connectivity index (χ4n) is 2.29.